The fourth-order valence-corrected chi connectivity index (χ4v) is 5.68. The number of rotatable bonds is 4. The number of amides is 1. The van der Waals surface area contributed by atoms with Gasteiger partial charge in [0.15, 0.2) is 0 Å². The lowest BCUT2D eigenvalue weighted by Gasteiger charge is -2.53. The highest BCUT2D eigenvalue weighted by molar-refractivity contribution is 5.93. The van der Waals surface area contributed by atoms with Gasteiger partial charge in [-0.3, -0.25) is 14.5 Å². The summed E-state index contributed by atoms with van der Waals surface area (Å²) >= 11 is 0. The molecule has 0 N–H and O–H groups in total. The van der Waals surface area contributed by atoms with Crippen molar-refractivity contribution in [1.29, 1.82) is 5.26 Å². The molecule has 172 valence electrons. The highest BCUT2D eigenvalue weighted by Gasteiger charge is 2.47. The fraction of sp³-hybridized carbons (Fsp3) is 0.296. The molecule has 8 heteroatoms. The Bertz CT molecular complexity index is 1520. The van der Waals surface area contributed by atoms with Crippen LogP contribution in [-0.4, -0.2) is 48.3 Å². The van der Waals surface area contributed by atoms with E-state index in [9.17, 15) is 10.1 Å². The fourth-order valence-electron chi connectivity index (χ4n) is 5.68. The molecule has 0 spiro atoms. The lowest BCUT2D eigenvalue weighted by Crippen LogP contribution is -2.57. The highest BCUT2D eigenvalue weighted by Crippen LogP contribution is 2.47. The SMILES string of the molecule is C#CC(=O)N1CC2CC(C1)C2Cc1ccc(-c2cc(-c3cnn(C)c3)cn3ncc(C#N)c23)cn1. The minimum Gasteiger partial charge on any atom is -0.331 e. The van der Waals surface area contributed by atoms with Gasteiger partial charge in [0.05, 0.1) is 23.5 Å². The molecule has 2 bridgehead atoms. The van der Waals surface area contributed by atoms with E-state index < -0.39 is 0 Å². The molecule has 2 aliphatic heterocycles. The second kappa shape index (κ2) is 8.11. The van der Waals surface area contributed by atoms with Crippen molar-refractivity contribution < 1.29 is 4.79 Å². The van der Waals surface area contributed by atoms with Gasteiger partial charge >= 0.3 is 0 Å². The summed E-state index contributed by atoms with van der Waals surface area (Å²) in [5.74, 6) is 3.57. The van der Waals surface area contributed by atoms with Crippen LogP contribution in [0.2, 0.25) is 0 Å². The van der Waals surface area contributed by atoms with Crippen molar-refractivity contribution in [1.82, 2.24) is 29.3 Å². The maximum Gasteiger partial charge on any atom is 0.298 e. The molecule has 8 nitrogen and oxygen atoms in total. The summed E-state index contributed by atoms with van der Waals surface area (Å²) in [6.07, 6.45) is 16.5. The van der Waals surface area contributed by atoms with Gasteiger partial charge in [-0.1, -0.05) is 6.07 Å². The van der Waals surface area contributed by atoms with Gasteiger partial charge in [-0.2, -0.15) is 15.5 Å². The number of nitriles is 1. The summed E-state index contributed by atoms with van der Waals surface area (Å²) in [5.41, 5.74) is 6.11. The molecule has 0 radical (unpaired) electrons. The lowest BCUT2D eigenvalue weighted by atomic mass is 9.60. The average molecular weight is 462 g/mol. The second-order valence-corrected chi connectivity index (χ2v) is 9.52. The van der Waals surface area contributed by atoms with Gasteiger partial charge in [-0.05, 0) is 48.6 Å². The molecule has 35 heavy (non-hydrogen) atoms. The Morgan fingerprint density at radius 1 is 1.11 bits per heavy atom. The molecule has 0 aromatic carbocycles. The van der Waals surface area contributed by atoms with Gasteiger partial charge < -0.3 is 4.90 Å². The third-order valence-electron chi connectivity index (χ3n) is 7.49. The number of piperidine rings is 2. The van der Waals surface area contributed by atoms with Crippen LogP contribution >= 0.6 is 0 Å². The first-order chi connectivity index (χ1) is 17.0. The number of carbonyl (C=O) groups is 1. The Hall–Kier alpha value is -4.43. The first-order valence-corrected chi connectivity index (χ1v) is 11.7. The molecule has 2 unspecified atom stereocenters. The standard InChI is InChI=1S/C27H23N7O/c1-3-26(35)33-14-19-6-20(15-33)24(19)8-23-5-4-17(10-29-23)25-7-18(22-12-30-32(2)13-22)16-34-27(25)21(9-28)11-31-34/h1,4-5,7,10-13,16,19-20,24H,6,8,14-15H2,2H3. The van der Waals surface area contributed by atoms with E-state index in [4.69, 9.17) is 11.4 Å². The van der Waals surface area contributed by atoms with Crippen LogP contribution < -0.4 is 0 Å². The van der Waals surface area contributed by atoms with Gasteiger partial charge in [-0.25, -0.2) is 4.52 Å². The van der Waals surface area contributed by atoms with E-state index >= 15 is 0 Å². The summed E-state index contributed by atoms with van der Waals surface area (Å²) in [6, 6.07) is 8.47. The van der Waals surface area contributed by atoms with Crippen molar-refractivity contribution in [2.75, 3.05) is 13.1 Å². The maximum absolute atomic E-state index is 11.9. The molecule has 6 heterocycles. The molecule has 2 saturated heterocycles. The van der Waals surface area contributed by atoms with Gasteiger partial charge in [0, 0.05) is 66.7 Å². The number of nitrogens with zero attached hydrogens (tertiary/aromatic N) is 7. The summed E-state index contributed by atoms with van der Waals surface area (Å²) < 4.78 is 3.51. The Morgan fingerprint density at radius 2 is 1.94 bits per heavy atom. The lowest BCUT2D eigenvalue weighted by molar-refractivity contribution is -0.135. The zero-order valence-electron chi connectivity index (χ0n) is 19.3. The van der Waals surface area contributed by atoms with E-state index in [-0.39, 0.29) is 5.91 Å². The van der Waals surface area contributed by atoms with E-state index in [0.29, 0.717) is 23.3 Å². The number of fused-ring (bicyclic) bond motifs is 3. The largest absolute Gasteiger partial charge is 0.331 e. The zero-order valence-corrected chi connectivity index (χ0v) is 19.3. The molecular formula is C27H23N7O. The van der Waals surface area contributed by atoms with Crippen molar-refractivity contribution in [3.05, 3.63) is 60.4 Å². The number of aromatic nitrogens is 5. The molecular weight excluding hydrogens is 438 g/mol. The molecule has 1 aliphatic carbocycles. The normalized spacial score (nSPS) is 20.8. The number of hydrogen-bond acceptors (Lipinski definition) is 5. The van der Waals surface area contributed by atoms with Crippen molar-refractivity contribution in [2.24, 2.45) is 24.8 Å². The molecule has 3 fully saturated rings. The number of aryl methyl sites for hydroxylation is 1. The molecule has 1 amide bonds. The van der Waals surface area contributed by atoms with E-state index in [1.165, 1.54) is 0 Å². The molecule has 4 aromatic rings. The van der Waals surface area contributed by atoms with Crippen molar-refractivity contribution in [3.63, 3.8) is 0 Å². The van der Waals surface area contributed by atoms with Crippen LogP contribution in [0.3, 0.4) is 0 Å². The van der Waals surface area contributed by atoms with E-state index in [0.717, 1.165) is 59.4 Å². The van der Waals surface area contributed by atoms with Crippen molar-refractivity contribution in [2.45, 2.75) is 12.8 Å². The van der Waals surface area contributed by atoms with Crippen LogP contribution in [0.25, 0.3) is 27.8 Å². The summed E-state index contributed by atoms with van der Waals surface area (Å²) in [5, 5.41) is 18.3. The third-order valence-corrected chi connectivity index (χ3v) is 7.49. The Kier molecular flexibility index (Phi) is 4.89. The first-order valence-electron chi connectivity index (χ1n) is 11.7. The highest BCUT2D eigenvalue weighted by atomic mass is 16.2. The van der Waals surface area contributed by atoms with Gasteiger partial charge in [-0.15, -0.1) is 6.42 Å². The quantitative estimate of drug-likeness (QED) is 0.436. The first kappa shape index (κ1) is 21.1. The number of carbonyl (C=O) groups excluding carboxylic acids is 1. The second-order valence-electron chi connectivity index (χ2n) is 9.52. The smallest absolute Gasteiger partial charge is 0.298 e. The summed E-state index contributed by atoms with van der Waals surface area (Å²) in [7, 11) is 1.88. The number of pyridine rings is 2. The number of hydrogen-bond donors (Lipinski definition) is 0. The van der Waals surface area contributed by atoms with E-state index in [1.807, 2.05) is 36.7 Å². The Balaban J connectivity index is 1.29. The van der Waals surface area contributed by atoms with E-state index in [2.05, 4.69) is 40.4 Å². The molecule has 3 aliphatic rings. The predicted octanol–water partition coefficient (Wildman–Crippen LogP) is 2.94. The molecule has 4 aromatic heterocycles. The molecule has 2 atom stereocenters. The third kappa shape index (κ3) is 3.55. The Labute approximate surface area is 202 Å². The Morgan fingerprint density at radius 3 is 2.60 bits per heavy atom. The molecule has 1 saturated carbocycles. The summed E-state index contributed by atoms with van der Waals surface area (Å²) in [6.45, 7) is 1.50. The van der Waals surface area contributed by atoms with Crippen LogP contribution in [0.5, 0.6) is 0 Å². The topological polar surface area (TPSA) is 92.1 Å². The van der Waals surface area contributed by atoms with Gasteiger partial charge in [0.25, 0.3) is 5.91 Å². The number of terminal acetylenes is 1. The maximum atomic E-state index is 11.9. The van der Waals surface area contributed by atoms with Crippen molar-refractivity contribution in [3.8, 4) is 40.7 Å². The van der Waals surface area contributed by atoms with Crippen LogP contribution in [-0.2, 0) is 18.3 Å². The minimum absolute atomic E-state index is 0.197. The minimum atomic E-state index is -0.197. The molecule has 7 rings (SSSR count). The zero-order chi connectivity index (χ0) is 24.1. The van der Waals surface area contributed by atoms with Crippen LogP contribution in [0.1, 0.15) is 17.7 Å². The van der Waals surface area contributed by atoms with Gasteiger partial charge in [0.2, 0.25) is 0 Å². The average Bonchev–Trinajstić information content (AvgIpc) is 3.52. The summed E-state index contributed by atoms with van der Waals surface area (Å²) in [4.78, 5) is 18.4. The van der Waals surface area contributed by atoms with Gasteiger partial charge in [0.1, 0.15) is 6.07 Å². The van der Waals surface area contributed by atoms with Crippen LogP contribution in [0.4, 0.5) is 0 Å². The van der Waals surface area contributed by atoms with Crippen molar-refractivity contribution >= 4 is 11.4 Å². The predicted molar refractivity (Wildman–Crippen MR) is 130 cm³/mol. The van der Waals surface area contributed by atoms with Crippen LogP contribution in [0.15, 0.2) is 49.2 Å². The van der Waals surface area contributed by atoms with Crippen LogP contribution in [0, 0.1) is 41.4 Å². The monoisotopic (exact) mass is 461 g/mol. The van der Waals surface area contributed by atoms with E-state index in [1.54, 1.807) is 15.4 Å².